The predicted octanol–water partition coefficient (Wildman–Crippen LogP) is 1.90. The number of nitrogen functional groups attached to an aromatic ring is 1. The molecule has 0 radical (unpaired) electrons. The van der Waals surface area contributed by atoms with Crippen LogP contribution in [0, 0.1) is 10.1 Å². The Hall–Kier alpha value is -2.36. The third-order valence-corrected chi connectivity index (χ3v) is 2.64. The SMILES string of the molecule is CCN(CC(F)(F)F)C(=O)c1cc([N+](=O)[O-])ccc1NN. The lowest BCUT2D eigenvalue weighted by molar-refractivity contribution is -0.384. The molecule has 7 nitrogen and oxygen atoms in total. The van der Waals surface area contributed by atoms with Gasteiger partial charge in [0, 0.05) is 18.7 Å². The van der Waals surface area contributed by atoms with Gasteiger partial charge >= 0.3 is 6.18 Å². The van der Waals surface area contributed by atoms with Crippen molar-refractivity contribution in [1.29, 1.82) is 0 Å². The lowest BCUT2D eigenvalue weighted by atomic mass is 10.1. The van der Waals surface area contributed by atoms with Crippen LogP contribution in [0.15, 0.2) is 18.2 Å². The molecule has 1 aromatic carbocycles. The number of rotatable bonds is 5. The first-order valence-electron chi connectivity index (χ1n) is 5.80. The molecule has 0 saturated carbocycles. The lowest BCUT2D eigenvalue weighted by Gasteiger charge is -2.23. The van der Waals surface area contributed by atoms with Gasteiger partial charge in [-0.1, -0.05) is 0 Å². The minimum atomic E-state index is -4.57. The number of hydrazine groups is 1. The smallest absolute Gasteiger partial charge is 0.330 e. The van der Waals surface area contributed by atoms with Crippen molar-refractivity contribution in [1.82, 2.24) is 4.90 Å². The fourth-order valence-electron chi connectivity index (χ4n) is 1.66. The van der Waals surface area contributed by atoms with E-state index in [-0.39, 0.29) is 17.8 Å². The maximum atomic E-state index is 12.4. The van der Waals surface area contributed by atoms with Crippen molar-refractivity contribution in [2.45, 2.75) is 13.1 Å². The molecule has 10 heteroatoms. The highest BCUT2D eigenvalue weighted by molar-refractivity contribution is 6.00. The van der Waals surface area contributed by atoms with Crippen LogP contribution in [-0.2, 0) is 0 Å². The Morgan fingerprint density at radius 3 is 2.52 bits per heavy atom. The van der Waals surface area contributed by atoms with Crippen LogP contribution >= 0.6 is 0 Å². The molecule has 0 saturated heterocycles. The number of nitro groups is 1. The molecule has 0 aliphatic rings. The summed E-state index contributed by atoms with van der Waals surface area (Å²) in [5, 5.41) is 10.7. The third-order valence-electron chi connectivity index (χ3n) is 2.64. The Morgan fingerprint density at radius 1 is 1.48 bits per heavy atom. The number of amides is 1. The number of non-ortho nitro benzene ring substituents is 1. The summed E-state index contributed by atoms with van der Waals surface area (Å²) < 4.78 is 37.2. The van der Waals surface area contributed by atoms with Gasteiger partial charge in [-0.05, 0) is 13.0 Å². The average molecular weight is 306 g/mol. The minimum absolute atomic E-state index is 0.00576. The molecule has 0 aliphatic heterocycles. The highest BCUT2D eigenvalue weighted by atomic mass is 19.4. The molecule has 0 fully saturated rings. The molecule has 0 bridgehead atoms. The Morgan fingerprint density at radius 2 is 2.10 bits per heavy atom. The summed E-state index contributed by atoms with van der Waals surface area (Å²) in [6, 6.07) is 3.13. The van der Waals surface area contributed by atoms with Crippen molar-refractivity contribution in [3.8, 4) is 0 Å². The molecule has 0 aromatic heterocycles. The molecule has 0 unspecified atom stereocenters. The summed E-state index contributed by atoms with van der Waals surface area (Å²) in [5.74, 6) is 4.18. The quantitative estimate of drug-likeness (QED) is 0.491. The van der Waals surface area contributed by atoms with E-state index >= 15 is 0 Å². The zero-order valence-corrected chi connectivity index (χ0v) is 11.0. The fraction of sp³-hybridized carbons (Fsp3) is 0.364. The number of hydrogen-bond acceptors (Lipinski definition) is 5. The van der Waals surface area contributed by atoms with Crippen LogP contribution in [0.4, 0.5) is 24.5 Å². The van der Waals surface area contributed by atoms with Gasteiger partial charge in [-0.25, -0.2) is 0 Å². The van der Waals surface area contributed by atoms with Gasteiger partial charge in [0.1, 0.15) is 6.54 Å². The number of halogens is 3. The second-order valence-electron chi connectivity index (χ2n) is 4.07. The largest absolute Gasteiger partial charge is 0.406 e. The van der Waals surface area contributed by atoms with Gasteiger partial charge < -0.3 is 10.3 Å². The van der Waals surface area contributed by atoms with Crippen molar-refractivity contribution in [2.75, 3.05) is 18.5 Å². The first kappa shape index (κ1) is 16.7. The van der Waals surface area contributed by atoms with E-state index in [9.17, 15) is 28.1 Å². The molecule has 0 atom stereocenters. The summed E-state index contributed by atoms with van der Waals surface area (Å²) in [6.45, 7) is -0.281. The number of nitro benzene ring substituents is 1. The summed E-state index contributed by atoms with van der Waals surface area (Å²) in [5.41, 5.74) is 1.43. The minimum Gasteiger partial charge on any atom is -0.330 e. The number of anilines is 1. The molecule has 0 aliphatic carbocycles. The molecule has 116 valence electrons. The standard InChI is InChI=1S/C11H13F3N4O3/c1-2-17(6-11(12,13)14)10(19)8-5-7(18(20)21)3-4-9(8)16-15/h3-5,16H,2,6,15H2,1H3. The monoisotopic (exact) mass is 306 g/mol. The van der Waals surface area contributed by atoms with Gasteiger partial charge in [-0.2, -0.15) is 13.2 Å². The summed E-state index contributed by atoms with van der Waals surface area (Å²) in [7, 11) is 0. The van der Waals surface area contributed by atoms with Gasteiger partial charge in [0.2, 0.25) is 0 Å². The second kappa shape index (κ2) is 6.39. The van der Waals surface area contributed by atoms with Crippen LogP contribution in [0.25, 0.3) is 0 Å². The maximum absolute atomic E-state index is 12.4. The summed E-state index contributed by atoms with van der Waals surface area (Å²) in [6.07, 6.45) is -4.57. The van der Waals surface area contributed by atoms with Gasteiger partial charge in [0.05, 0.1) is 16.2 Å². The van der Waals surface area contributed by atoms with E-state index in [1.54, 1.807) is 0 Å². The van der Waals surface area contributed by atoms with E-state index in [1.165, 1.54) is 6.92 Å². The Kier molecular flexibility index (Phi) is 5.08. The van der Waals surface area contributed by atoms with Crippen molar-refractivity contribution < 1.29 is 22.9 Å². The van der Waals surface area contributed by atoms with Gasteiger partial charge in [0.25, 0.3) is 11.6 Å². The number of benzene rings is 1. The number of nitrogens with two attached hydrogens (primary N) is 1. The fourth-order valence-corrected chi connectivity index (χ4v) is 1.66. The van der Waals surface area contributed by atoms with E-state index in [2.05, 4.69) is 5.43 Å². The zero-order chi connectivity index (χ0) is 16.2. The normalized spacial score (nSPS) is 11.1. The highest BCUT2D eigenvalue weighted by Crippen LogP contribution is 2.24. The summed E-state index contributed by atoms with van der Waals surface area (Å²) >= 11 is 0. The number of hydrogen-bond donors (Lipinski definition) is 2. The first-order valence-corrected chi connectivity index (χ1v) is 5.80. The van der Waals surface area contributed by atoms with Crippen molar-refractivity contribution in [3.63, 3.8) is 0 Å². The van der Waals surface area contributed by atoms with E-state index < -0.39 is 29.2 Å². The Labute approximate surface area is 117 Å². The second-order valence-corrected chi connectivity index (χ2v) is 4.07. The number of carbonyl (C=O) groups is 1. The first-order chi connectivity index (χ1) is 9.69. The highest BCUT2D eigenvalue weighted by Gasteiger charge is 2.33. The number of nitrogens with zero attached hydrogens (tertiary/aromatic N) is 2. The van der Waals surface area contributed by atoms with Crippen molar-refractivity contribution in [2.24, 2.45) is 5.84 Å². The van der Waals surface area contributed by atoms with Gasteiger partial charge in [0.15, 0.2) is 0 Å². The Bertz CT molecular complexity index is 548. The molecular weight excluding hydrogens is 293 g/mol. The van der Waals surface area contributed by atoms with E-state index in [1.807, 2.05) is 0 Å². The molecule has 0 spiro atoms. The molecule has 0 heterocycles. The topological polar surface area (TPSA) is 102 Å². The molecule has 1 aromatic rings. The van der Waals surface area contributed by atoms with Crippen molar-refractivity contribution in [3.05, 3.63) is 33.9 Å². The zero-order valence-electron chi connectivity index (χ0n) is 11.0. The Balaban J connectivity index is 3.19. The lowest BCUT2D eigenvalue weighted by Crippen LogP contribution is -2.39. The molecular formula is C11H13F3N4O3. The van der Waals surface area contributed by atoms with E-state index in [0.717, 1.165) is 18.2 Å². The molecule has 3 N–H and O–H groups in total. The van der Waals surface area contributed by atoms with E-state index in [4.69, 9.17) is 5.84 Å². The number of alkyl halides is 3. The average Bonchev–Trinajstić information content (AvgIpc) is 2.42. The van der Waals surface area contributed by atoms with E-state index in [0.29, 0.717) is 4.90 Å². The van der Waals surface area contributed by atoms with Crippen LogP contribution in [0.3, 0.4) is 0 Å². The van der Waals surface area contributed by atoms with Crippen LogP contribution in [-0.4, -0.2) is 35.0 Å². The summed E-state index contributed by atoms with van der Waals surface area (Å²) in [4.78, 5) is 22.6. The van der Waals surface area contributed by atoms with Crippen LogP contribution in [0.1, 0.15) is 17.3 Å². The number of carbonyl (C=O) groups excluding carboxylic acids is 1. The van der Waals surface area contributed by atoms with Crippen LogP contribution in [0.5, 0.6) is 0 Å². The molecule has 1 rings (SSSR count). The maximum Gasteiger partial charge on any atom is 0.406 e. The van der Waals surface area contributed by atoms with Crippen LogP contribution in [0.2, 0.25) is 0 Å². The predicted molar refractivity (Wildman–Crippen MR) is 68.5 cm³/mol. The molecule has 1 amide bonds. The molecule has 21 heavy (non-hydrogen) atoms. The van der Waals surface area contributed by atoms with Gasteiger partial charge in [-0.15, -0.1) is 0 Å². The number of nitrogens with one attached hydrogen (secondary N) is 1. The third kappa shape index (κ3) is 4.31. The van der Waals surface area contributed by atoms with Crippen LogP contribution < -0.4 is 11.3 Å². The van der Waals surface area contributed by atoms with Crippen molar-refractivity contribution >= 4 is 17.3 Å². The van der Waals surface area contributed by atoms with Gasteiger partial charge in [-0.3, -0.25) is 20.8 Å².